The molecule has 2 unspecified atom stereocenters. The van der Waals surface area contributed by atoms with Crippen LogP contribution in [0.2, 0.25) is 0 Å². The van der Waals surface area contributed by atoms with Crippen LogP contribution in [0.25, 0.3) is 0 Å². The third-order valence-electron chi connectivity index (χ3n) is 6.11. The Hall–Kier alpha value is -2.91. The summed E-state index contributed by atoms with van der Waals surface area (Å²) in [5.41, 5.74) is 0.879. The minimum atomic E-state index is -4.44. The van der Waals surface area contributed by atoms with Crippen molar-refractivity contribution in [2.24, 2.45) is 5.92 Å². The van der Waals surface area contributed by atoms with Gasteiger partial charge < -0.3 is 20.1 Å². The predicted octanol–water partition coefficient (Wildman–Crippen LogP) is 4.54. The number of benzene rings is 2. The number of aliphatic hydroxyl groups excluding tert-OH is 1. The lowest BCUT2D eigenvalue weighted by molar-refractivity contribution is -0.155. The first-order chi connectivity index (χ1) is 16.1. The van der Waals surface area contributed by atoms with Crippen molar-refractivity contribution in [2.75, 3.05) is 18.5 Å². The van der Waals surface area contributed by atoms with Gasteiger partial charge in [0.15, 0.2) is 0 Å². The number of morpholine rings is 1. The summed E-state index contributed by atoms with van der Waals surface area (Å²) >= 11 is 0. The molecule has 9 heteroatoms. The van der Waals surface area contributed by atoms with E-state index in [0.29, 0.717) is 16.8 Å². The number of carbonyl (C=O) groups is 2. The fourth-order valence-electron chi connectivity index (χ4n) is 3.98. The normalized spacial score (nSPS) is 17.7. The largest absolute Gasteiger partial charge is 0.416 e. The minimum absolute atomic E-state index is 0.0472. The summed E-state index contributed by atoms with van der Waals surface area (Å²) in [6, 6.07) is 10.6. The van der Waals surface area contributed by atoms with E-state index in [1.165, 1.54) is 17.0 Å². The van der Waals surface area contributed by atoms with Gasteiger partial charge in [0.25, 0.3) is 0 Å². The van der Waals surface area contributed by atoms with Crippen LogP contribution in [0.5, 0.6) is 0 Å². The zero-order valence-electron chi connectivity index (χ0n) is 19.1. The molecule has 0 aromatic heterocycles. The lowest BCUT2D eigenvalue weighted by Crippen LogP contribution is -2.51. The Morgan fingerprint density at radius 1 is 1.12 bits per heavy atom. The molecule has 0 saturated carbocycles. The highest BCUT2D eigenvalue weighted by atomic mass is 19.4. The first-order valence-corrected chi connectivity index (χ1v) is 11.3. The molecule has 2 atom stereocenters. The Balaban J connectivity index is 1.72. The van der Waals surface area contributed by atoms with E-state index in [-0.39, 0.29) is 37.5 Å². The Bertz CT molecular complexity index is 973. The van der Waals surface area contributed by atoms with Gasteiger partial charge in [0.2, 0.25) is 11.8 Å². The van der Waals surface area contributed by atoms with Crippen molar-refractivity contribution >= 4 is 17.5 Å². The average molecular weight is 479 g/mol. The van der Waals surface area contributed by atoms with E-state index in [1.54, 1.807) is 24.3 Å². The molecule has 184 valence electrons. The molecule has 1 heterocycles. The number of nitrogens with one attached hydrogen (secondary N) is 1. The van der Waals surface area contributed by atoms with Gasteiger partial charge >= 0.3 is 6.18 Å². The topological polar surface area (TPSA) is 78.9 Å². The summed E-state index contributed by atoms with van der Waals surface area (Å²) in [5, 5.41) is 13.9. The van der Waals surface area contributed by atoms with Crippen LogP contribution in [-0.4, -0.2) is 41.1 Å². The number of hydrogen-bond acceptors (Lipinski definition) is 4. The summed E-state index contributed by atoms with van der Waals surface area (Å²) in [5.74, 6) is -0.494. The van der Waals surface area contributed by atoms with Crippen LogP contribution < -0.4 is 5.32 Å². The molecule has 2 aromatic rings. The van der Waals surface area contributed by atoms with Gasteiger partial charge in [-0.1, -0.05) is 38.1 Å². The molecule has 1 saturated heterocycles. The van der Waals surface area contributed by atoms with Crippen molar-refractivity contribution in [1.82, 2.24) is 4.90 Å². The molecule has 3 rings (SSSR count). The van der Waals surface area contributed by atoms with Crippen molar-refractivity contribution in [3.05, 3.63) is 65.2 Å². The van der Waals surface area contributed by atoms with Crippen LogP contribution >= 0.6 is 0 Å². The second-order valence-corrected chi connectivity index (χ2v) is 8.37. The smallest absolute Gasteiger partial charge is 0.386 e. The summed E-state index contributed by atoms with van der Waals surface area (Å²) in [6.07, 6.45) is -4.04. The van der Waals surface area contributed by atoms with E-state index >= 15 is 0 Å². The first-order valence-electron chi connectivity index (χ1n) is 11.3. The number of hydrogen-bond donors (Lipinski definition) is 2. The number of aliphatic hydroxyl groups is 1. The molecule has 0 aliphatic carbocycles. The van der Waals surface area contributed by atoms with Gasteiger partial charge in [-0.2, -0.15) is 13.2 Å². The lowest BCUT2D eigenvalue weighted by atomic mass is 9.99. The maximum absolute atomic E-state index is 12.8. The predicted molar refractivity (Wildman–Crippen MR) is 121 cm³/mol. The number of anilines is 1. The first kappa shape index (κ1) is 25.7. The van der Waals surface area contributed by atoms with Gasteiger partial charge in [-0.15, -0.1) is 0 Å². The summed E-state index contributed by atoms with van der Waals surface area (Å²) in [6.45, 7) is 3.88. The molecule has 2 amide bonds. The summed E-state index contributed by atoms with van der Waals surface area (Å²) < 4.78 is 43.8. The van der Waals surface area contributed by atoms with Crippen LogP contribution in [-0.2, 0) is 27.0 Å². The third kappa shape index (κ3) is 6.15. The molecule has 0 spiro atoms. The van der Waals surface area contributed by atoms with Crippen LogP contribution in [0, 0.1) is 5.92 Å². The number of nitrogens with zero attached hydrogens (tertiary/aromatic N) is 1. The highest BCUT2D eigenvalue weighted by molar-refractivity contribution is 5.92. The van der Waals surface area contributed by atoms with Gasteiger partial charge in [0.05, 0.1) is 18.2 Å². The molecule has 0 bridgehead atoms. The second kappa shape index (κ2) is 11.0. The van der Waals surface area contributed by atoms with Crippen LogP contribution in [0.3, 0.4) is 0 Å². The molecule has 0 radical (unpaired) electrons. The molecule has 1 aliphatic rings. The van der Waals surface area contributed by atoms with Gasteiger partial charge in [-0.05, 0) is 48.2 Å². The average Bonchev–Trinajstić information content (AvgIpc) is 2.81. The Morgan fingerprint density at radius 2 is 1.74 bits per heavy atom. The van der Waals surface area contributed by atoms with E-state index in [1.807, 2.05) is 13.8 Å². The van der Waals surface area contributed by atoms with Crippen LogP contribution in [0.15, 0.2) is 48.5 Å². The van der Waals surface area contributed by atoms with E-state index in [4.69, 9.17) is 4.74 Å². The van der Waals surface area contributed by atoms with Crippen LogP contribution in [0.4, 0.5) is 18.9 Å². The lowest BCUT2D eigenvalue weighted by Gasteiger charge is -2.38. The zero-order chi connectivity index (χ0) is 24.9. The molecule has 1 fully saturated rings. The summed E-state index contributed by atoms with van der Waals surface area (Å²) in [4.78, 5) is 26.2. The third-order valence-corrected chi connectivity index (χ3v) is 6.11. The SMILES string of the molecule is CCC(CC)C(=O)Nc1ccc(C(O)C2COCC(=O)N2Cc2ccc(C(F)(F)F)cc2)cc1. The molecule has 34 heavy (non-hydrogen) atoms. The highest BCUT2D eigenvalue weighted by Crippen LogP contribution is 2.30. The molecule has 2 N–H and O–H groups in total. The van der Waals surface area contributed by atoms with E-state index in [9.17, 15) is 27.9 Å². The van der Waals surface area contributed by atoms with E-state index < -0.39 is 23.9 Å². The molecular weight excluding hydrogens is 449 g/mol. The molecule has 1 aliphatic heterocycles. The Labute approximate surface area is 196 Å². The number of alkyl halides is 3. The van der Waals surface area contributed by atoms with Gasteiger partial charge in [-0.3, -0.25) is 9.59 Å². The second-order valence-electron chi connectivity index (χ2n) is 8.37. The van der Waals surface area contributed by atoms with Crippen molar-refractivity contribution in [3.8, 4) is 0 Å². The standard InChI is InChI=1S/C25H29F3N2O4/c1-3-17(4-2)24(33)29-20-11-7-18(8-12-20)23(32)21-14-34-15-22(31)30(21)13-16-5-9-19(10-6-16)25(26,27)28/h5-12,17,21,23,32H,3-4,13-15H2,1-2H3,(H,29,33). The van der Waals surface area contributed by atoms with Crippen LogP contribution in [0.1, 0.15) is 49.5 Å². The quantitative estimate of drug-likeness (QED) is 0.584. The molecular formula is C25H29F3N2O4. The Morgan fingerprint density at radius 3 is 2.29 bits per heavy atom. The number of halogens is 3. The van der Waals surface area contributed by atoms with Gasteiger partial charge in [0.1, 0.15) is 12.7 Å². The maximum Gasteiger partial charge on any atom is 0.416 e. The number of ether oxygens (including phenoxy) is 1. The maximum atomic E-state index is 12.8. The highest BCUT2D eigenvalue weighted by Gasteiger charge is 2.35. The van der Waals surface area contributed by atoms with E-state index in [2.05, 4.69) is 5.32 Å². The van der Waals surface area contributed by atoms with Crippen molar-refractivity contribution in [3.63, 3.8) is 0 Å². The van der Waals surface area contributed by atoms with E-state index in [0.717, 1.165) is 25.0 Å². The Kier molecular flexibility index (Phi) is 8.33. The fraction of sp³-hybridized carbons (Fsp3) is 0.440. The van der Waals surface area contributed by atoms with Crippen molar-refractivity contribution in [1.29, 1.82) is 0 Å². The van der Waals surface area contributed by atoms with Crippen molar-refractivity contribution < 1.29 is 32.6 Å². The molecule has 6 nitrogen and oxygen atoms in total. The number of carbonyl (C=O) groups excluding carboxylic acids is 2. The van der Waals surface area contributed by atoms with Gasteiger partial charge in [0, 0.05) is 18.2 Å². The summed E-state index contributed by atoms with van der Waals surface area (Å²) in [7, 11) is 0. The minimum Gasteiger partial charge on any atom is -0.386 e. The molecule has 2 aromatic carbocycles. The number of rotatable bonds is 8. The monoisotopic (exact) mass is 478 g/mol. The number of amides is 2. The van der Waals surface area contributed by atoms with Crippen molar-refractivity contribution in [2.45, 2.75) is 51.6 Å². The zero-order valence-corrected chi connectivity index (χ0v) is 19.1. The fourth-order valence-corrected chi connectivity index (χ4v) is 3.98. The van der Waals surface area contributed by atoms with Gasteiger partial charge in [-0.25, -0.2) is 0 Å².